The highest BCUT2D eigenvalue weighted by Gasteiger charge is 2.11. The highest BCUT2D eigenvalue weighted by atomic mass is 79.9. The Morgan fingerprint density at radius 3 is 2.73 bits per heavy atom. The molecule has 1 rings (SSSR count). The Kier molecular flexibility index (Phi) is 3.79. The number of carbonyl (C=O) groups is 1. The number of halogens is 1. The van der Waals surface area contributed by atoms with Crippen molar-refractivity contribution in [1.29, 1.82) is 0 Å². The van der Waals surface area contributed by atoms with Crippen LogP contribution in [0.4, 0.5) is 5.69 Å². The number of hydrogen-bond acceptors (Lipinski definition) is 4. The van der Waals surface area contributed by atoms with Crippen LogP contribution in [0.15, 0.2) is 22.7 Å². The van der Waals surface area contributed by atoms with Crippen molar-refractivity contribution in [2.75, 3.05) is 0 Å². The van der Waals surface area contributed by atoms with Crippen molar-refractivity contribution in [3.05, 3.63) is 32.8 Å². The summed E-state index contributed by atoms with van der Waals surface area (Å²) in [6.07, 6.45) is 0.253. The Hall–Kier alpha value is -1.43. The number of ether oxygens (including phenoxy) is 1. The van der Waals surface area contributed by atoms with Crippen molar-refractivity contribution in [3.63, 3.8) is 0 Å². The molecule has 0 aliphatic heterocycles. The van der Waals surface area contributed by atoms with Crippen molar-refractivity contribution in [2.24, 2.45) is 0 Å². The zero-order chi connectivity index (χ0) is 11.4. The van der Waals surface area contributed by atoms with Gasteiger partial charge in [0.2, 0.25) is 0 Å². The first-order valence-electron chi connectivity index (χ1n) is 4.19. The Morgan fingerprint density at radius 1 is 1.60 bits per heavy atom. The van der Waals surface area contributed by atoms with Gasteiger partial charge in [-0.05, 0) is 22.0 Å². The number of nitrogens with zero attached hydrogens (tertiary/aromatic N) is 1. The maximum absolute atomic E-state index is 11.0. The third-order valence-electron chi connectivity index (χ3n) is 1.64. The molecule has 0 fully saturated rings. The van der Waals surface area contributed by atoms with Crippen LogP contribution in [0, 0.1) is 10.1 Å². The average molecular weight is 274 g/mol. The monoisotopic (exact) mass is 273 g/mol. The molecule has 0 bridgehead atoms. The SMILES string of the molecule is CCC(=O)Oc1ccc([N+](=O)[O-])cc1Br. The fourth-order valence-electron chi connectivity index (χ4n) is 0.881. The molecule has 5 nitrogen and oxygen atoms in total. The quantitative estimate of drug-likeness (QED) is 0.367. The maximum Gasteiger partial charge on any atom is 0.310 e. The summed E-state index contributed by atoms with van der Waals surface area (Å²) < 4.78 is 5.31. The first-order valence-corrected chi connectivity index (χ1v) is 4.98. The molecular formula is C9H8BrNO4. The number of hydrogen-bond donors (Lipinski definition) is 0. The molecule has 0 heterocycles. The van der Waals surface area contributed by atoms with E-state index >= 15 is 0 Å². The van der Waals surface area contributed by atoms with E-state index < -0.39 is 4.92 Å². The van der Waals surface area contributed by atoms with Gasteiger partial charge in [0, 0.05) is 18.6 Å². The molecule has 6 heteroatoms. The van der Waals surface area contributed by atoms with Crippen LogP contribution in [0.2, 0.25) is 0 Å². The van der Waals surface area contributed by atoms with E-state index in [-0.39, 0.29) is 23.8 Å². The van der Waals surface area contributed by atoms with Gasteiger partial charge in [-0.2, -0.15) is 0 Å². The fraction of sp³-hybridized carbons (Fsp3) is 0.222. The van der Waals surface area contributed by atoms with Gasteiger partial charge in [0.1, 0.15) is 5.75 Å². The molecule has 1 aromatic rings. The number of nitro groups is 1. The van der Waals surface area contributed by atoms with Crippen LogP contribution in [0.3, 0.4) is 0 Å². The standard InChI is InChI=1S/C9H8BrNO4/c1-2-9(12)15-8-4-3-6(11(13)14)5-7(8)10/h3-5H,2H2,1H3. The summed E-state index contributed by atoms with van der Waals surface area (Å²) in [7, 11) is 0. The summed E-state index contributed by atoms with van der Waals surface area (Å²) in [6.45, 7) is 1.67. The number of nitro benzene ring substituents is 1. The van der Waals surface area contributed by atoms with Gasteiger partial charge < -0.3 is 4.74 Å². The minimum Gasteiger partial charge on any atom is -0.425 e. The minimum absolute atomic E-state index is 0.0572. The van der Waals surface area contributed by atoms with Crippen LogP contribution < -0.4 is 4.74 Å². The number of non-ortho nitro benzene ring substituents is 1. The van der Waals surface area contributed by atoms with Gasteiger partial charge in [0.25, 0.3) is 5.69 Å². The van der Waals surface area contributed by atoms with Crippen molar-refractivity contribution < 1.29 is 14.5 Å². The largest absolute Gasteiger partial charge is 0.425 e. The molecule has 0 aliphatic carbocycles. The summed E-state index contributed by atoms with van der Waals surface area (Å²) in [5.41, 5.74) is -0.0572. The topological polar surface area (TPSA) is 69.4 Å². The summed E-state index contributed by atoms with van der Waals surface area (Å²) >= 11 is 3.09. The Morgan fingerprint density at radius 2 is 2.27 bits per heavy atom. The summed E-state index contributed by atoms with van der Waals surface area (Å²) in [6, 6.07) is 3.96. The summed E-state index contributed by atoms with van der Waals surface area (Å²) in [5, 5.41) is 10.4. The average Bonchev–Trinajstić information content (AvgIpc) is 2.20. The van der Waals surface area contributed by atoms with Crippen LogP contribution in [0.25, 0.3) is 0 Å². The molecule has 0 atom stereocenters. The number of carbonyl (C=O) groups excluding carboxylic acids is 1. The Balaban J connectivity index is 2.93. The van der Waals surface area contributed by atoms with Gasteiger partial charge in [-0.25, -0.2) is 0 Å². The number of esters is 1. The molecule has 0 N–H and O–H groups in total. The zero-order valence-corrected chi connectivity index (χ0v) is 9.48. The van der Waals surface area contributed by atoms with E-state index in [1.54, 1.807) is 6.92 Å². The maximum atomic E-state index is 11.0. The second kappa shape index (κ2) is 4.88. The predicted octanol–water partition coefficient (Wildman–Crippen LogP) is 2.67. The van der Waals surface area contributed by atoms with E-state index in [1.807, 2.05) is 0 Å². The molecule has 80 valence electrons. The Bertz CT molecular complexity index is 405. The van der Waals surface area contributed by atoms with Crippen LogP contribution in [-0.4, -0.2) is 10.9 Å². The van der Waals surface area contributed by atoms with Gasteiger partial charge >= 0.3 is 5.97 Å². The van der Waals surface area contributed by atoms with E-state index in [9.17, 15) is 14.9 Å². The van der Waals surface area contributed by atoms with Gasteiger partial charge in [0.05, 0.1) is 9.40 Å². The Labute approximate surface area is 94.3 Å². The molecule has 0 amide bonds. The smallest absolute Gasteiger partial charge is 0.310 e. The zero-order valence-electron chi connectivity index (χ0n) is 7.90. The summed E-state index contributed by atoms with van der Waals surface area (Å²) in [5.74, 6) is -0.1000. The molecule has 0 radical (unpaired) electrons. The van der Waals surface area contributed by atoms with E-state index in [0.29, 0.717) is 4.47 Å². The van der Waals surface area contributed by atoms with Crippen molar-refractivity contribution in [3.8, 4) is 5.75 Å². The van der Waals surface area contributed by atoms with E-state index in [0.717, 1.165) is 0 Å². The van der Waals surface area contributed by atoms with Crippen LogP contribution >= 0.6 is 15.9 Å². The highest BCUT2D eigenvalue weighted by Crippen LogP contribution is 2.29. The molecule has 0 saturated carbocycles. The molecule has 0 unspecified atom stereocenters. The van der Waals surface area contributed by atoms with E-state index in [4.69, 9.17) is 4.74 Å². The lowest BCUT2D eigenvalue weighted by molar-refractivity contribution is -0.384. The van der Waals surface area contributed by atoms with Gasteiger partial charge in [0.15, 0.2) is 0 Å². The van der Waals surface area contributed by atoms with Crippen molar-refractivity contribution in [1.82, 2.24) is 0 Å². The lowest BCUT2D eigenvalue weighted by Crippen LogP contribution is -2.05. The molecular weight excluding hydrogens is 266 g/mol. The normalized spacial score (nSPS) is 9.73. The minimum atomic E-state index is -0.518. The third kappa shape index (κ3) is 3.02. The van der Waals surface area contributed by atoms with Crippen molar-refractivity contribution >= 4 is 27.6 Å². The predicted molar refractivity (Wildman–Crippen MR) is 56.7 cm³/mol. The molecule has 15 heavy (non-hydrogen) atoms. The molecule has 0 aliphatic rings. The first-order chi connectivity index (χ1) is 7.04. The highest BCUT2D eigenvalue weighted by molar-refractivity contribution is 9.10. The molecule has 0 saturated heterocycles. The lowest BCUT2D eigenvalue weighted by Gasteiger charge is -2.04. The second-order valence-corrected chi connectivity index (χ2v) is 3.55. The first kappa shape index (κ1) is 11.6. The van der Waals surface area contributed by atoms with Gasteiger partial charge in [-0.3, -0.25) is 14.9 Å². The molecule has 0 spiro atoms. The van der Waals surface area contributed by atoms with Crippen molar-refractivity contribution in [2.45, 2.75) is 13.3 Å². The van der Waals surface area contributed by atoms with Crippen LogP contribution in [0.1, 0.15) is 13.3 Å². The summed E-state index contributed by atoms with van der Waals surface area (Å²) in [4.78, 5) is 20.9. The van der Waals surface area contributed by atoms with E-state index in [1.165, 1.54) is 18.2 Å². The second-order valence-electron chi connectivity index (χ2n) is 2.70. The van der Waals surface area contributed by atoms with Crippen LogP contribution in [0.5, 0.6) is 5.75 Å². The van der Waals surface area contributed by atoms with Gasteiger partial charge in [-0.1, -0.05) is 6.92 Å². The fourth-order valence-corrected chi connectivity index (χ4v) is 1.33. The van der Waals surface area contributed by atoms with Crippen LogP contribution in [-0.2, 0) is 4.79 Å². The third-order valence-corrected chi connectivity index (χ3v) is 2.26. The van der Waals surface area contributed by atoms with E-state index in [2.05, 4.69) is 15.9 Å². The molecule has 1 aromatic carbocycles. The molecule has 0 aromatic heterocycles. The lowest BCUT2D eigenvalue weighted by atomic mass is 10.3. The number of benzene rings is 1. The van der Waals surface area contributed by atoms with Gasteiger partial charge in [-0.15, -0.1) is 0 Å². The number of rotatable bonds is 3.